The molecule has 1 N–H and O–H groups in total. The Morgan fingerprint density at radius 3 is 2.22 bits per heavy atom. The molecule has 0 bridgehead atoms. The minimum absolute atomic E-state index is 0.0890. The summed E-state index contributed by atoms with van der Waals surface area (Å²) >= 11 is 0. The van der Waals surface area contributed by atoms with Gasteiger partial charge in [0.25, 0.3) is 0 Å². The number of nitrogens with zero attached hydrogens (tertiary/aromatic N) is 1. The molecule has 2 heterocycles. The molecule has 2 rings (SSSR count). The fourth-order valence-corrected chi connectivity index (χ4v) is 2.78. The Balaban J connectivity index is 2.63. The summed E-state index contributed by atoms with van der Waals surface area (Å²) in [6.45, 7) is 4.40. The zero-order chi connectivity index (χ0) is 13.3. The molecule has 1 aliphatic rings. The molecular formula is C13H17NO4. The lowest BCUT2D eigenvalue weighted by Gasteiger charge is -2.38. The smallest absolute Gasteiger partial charge is 0.330 e. The number of carboxylic acid groups (broad SMARTS) is 1. The van der Waals surface area contributed by atoms with Gasteiger partial charge in [-0.2, -0.15) is 0 Å². The van der Waals surface area contributed by atoms with Crippen molar-refractivity contribution in [1.82, 2.24) is 4.57 Å². The van der Waals surface area contributed by atoms with E-state index < -0.39 is 11.5 Å². The lowest BCUT2D eigenvalue weighted by Crippen LogP contribution is -2.48. The third-order valence-electron chi connectivity index (χ3n) is 3.55. The maximum Gasteiger partial charge on any atom is 0.330 e. The zero-order valence-corrected chi connectivity index (χ0v) is 10.6. The highest BCUT2D eigenvalue weighted by atomic mass is 16.5. The summed E-state index contributed by atoms with van der Waals surface area (Å²) in [5, 5.41) is 9.61. The molecule has 5 nitrogen and oxygen atoms in total. The van der Waals surface area contributed by atoms with Crippen molar-refractivity contribution >= 4 is 5.97 Å². The molecule has 1 aromatic rings. The molecule has 1 aromatic heterocycles. The molecule has 18 heavy (non-hydrogen) atoms. The van der Waals surface area contributed by atoms with Crippen LogP contribution in [0.1, 0.15) is 24.2 Å². The van der Waals surface area contributed by atoms with Crippen molar-refractivity contribution in [3.8, 4) is 0 Å². The molecule has 1 fully saturated rings. The van der Waals surface area contributed by atoms with Gasteiger partial charge in [0.2, 0.25) is 0 Å². The first-order valence-electron chi connectivity index (χ1n) is 5.99. The van der Waals surface area contributed by atoms with Crippen LogP contribution < -0.4 is 5.43 Å². The van der Waals surface area contributed by atoms with Crippen molar-refractivity contribution in [3.63, 3.8) is 0 Å². The second-order valence-corrected chi connectivity index (χ2v) is 4.76. The van der Waals surface area contributed by atoms with E-state index in [0.29, 0.717) is 37.4 Å². The Hall–Kier alpha value is -1.62. The van der Waals surface area contributed by atoms with Crippen molar-refractivity contribution in [1.29, 1.82) is 0 Å². The molecule has 0 atom stereocenters. The van der Waals surface area contributed by atoms with Crippen LogP contribution in [-0.2, 0) is 15.1 Å². The standard InChI is InChI=1S/C13H17NO4/c1-9-7-11(15)8-10(2)14(9)13(12(16)17)3-5-18-6-4-13/h7-8H,3-6H2,1-2H3,(H,16,17). The second kappa shape index (κ2) is 4.57. The molecule has 1 aliphatic heterocycles. The van der Waals surface area contributed by atoms with Gasteiger partial charge < -0.3 is 14.4 Å². The largest absolute Gasteiger partial charge is 0.479 e. The van der Waals surface area contributed by atoms with Gasteiger partial charge in [-0.25, -0.2) is 4.79 Å². The second-order valence-electron chi connectivity index (χ2n) is 4.76. The van der Waals surface area contributed by atoms with E-state index in [0.717, 1.165) is 0 Å². The van der Waals surface area contributed by atoms with Crippen LogP contribution >= 0.6 is 0 Å². The number of pyridine rings is 1. The first kappa shape index (κ1) is 12.8. The van der Waals surface area contributed by atoms with Gasteiger partial charge >= 0.3 is 5.97 Å². The van der Waals surface area contributed by atoms with Gasteiger partial charge in [-0.1, -0.05) is 0 Å². The number of aromatic nitrogens is 1. The predicted octanol–water partition coefficient (Wildman–Crippen LogP) is 1.06. The van der Waals surface area contributed by atoms with Gasteiger partial charge in [-0.3, -0.25) is 4.79 Å². The van der Waals surface area contributed by atoms with E-state index >= 15 is 0 Å². The first-order chi connectivity index (χ1) is 8.47. The number of rotatable bonds is 2. The Bertz CT molecular complexity index is 500. The number of carbonyl (C=O) groups is 1. The van der Waals surface area contributed by atoms with E-state index in [4.69, 9.17) is 4.74 Å². The summed E-state index contributed by atoms with van der Waals surface area (Å²) in [6, 6.07) is 2.96. The molecule has 0 amide bonds. The van der Waals surface area contributed by atoms with Crippen molar-refractivity contribution in [2.24, 2.45) is 0 Å². The van der Waals surface area contributed by atoms with Crippen LogP contribution in [0.4, 0.5) is 0 Å². The summed E-state index contributed by atoms with van der Waals surface area (Å²) in [7, 11) is 0. The molecule has 5 heteroatoms. The third kappa shape index (κ3) is 1.95. The maximum absolute atomic E-state index is 11.7. The molecule has 0 spiro atoms. The Morgan fingerprint density at radius 2 is 1.78 bits per heavy atom. The first-order valence-corrected chi connectivity index (χ1v) is 5.99. The van der Waals surface area contributed by atoms with Crippen LogP contribution in [0.25, 0.3) is 0 Å². The topological polar surface area (TPSA) is 68.5 Å². The van der Waals surface area contributed by atoms with Crippen LogP contribution in [0.3, 0.4) is 0 Å². The minimum atomic E-state index is -0.986. The minimum Gasteiger partial charge on any atom is -0.479 e. The predicted molar refractivity (Wildman–Crippen MR) is 65.8 cm³/mol. The summed E-state index contributed by atoms with van der Waals surface area (Å²) in [5.74, 6) is -0.861. The highest BCUT2D eigenvalue weighted by molar-refractivity contribution is 5.77. The van der Waals surface area contributed by atoms with E-state index in [2.05, 4.69) is 0 Å². The van der Waals surface area contributed by atoms with E-state index in [1.54, 1.807) is 18.4 Å². The SMILES string of the molecule is Cc1cc(=O)cc(C)n1C1(C(=O)O)CCOCC1. The van der Waals surface area contributed by atoms with E-state index in [-0.39, 0.29) is 5.43 Å². The monoisotopic (exact) mass is 251 g/mol. The molecule has 0 aromatic carbocycles. The van der Waals surface area contributed by atoms with E-state index in [1.165, 1.54) is 12.1 Å². The van der Waals surface area contributed by atoms with Crippen molar-refractivity contribution in [3.05, 3.63) is 33.7 Å². The zero-order valence-electron chi connectivity index (χ0n) is 10.6. The normalized spacial score (nSPS) is 18.6. The molecule has 0 radical (unpaired) electrons. The Morgan fingerprint density at radius 1 is 1.28 bits per heavy atom. The molecule has 0 saturated carbocycles. The van der Waals surface area contributed by atoms with E-state index in [9.17, 15) is 14.7 Å². The summed E-state index contributed by atoms with van der Waals surface area (Å²) in [6.07, 6.45) is 0.847. The number of ether oxygens (including phenoxy) is 1. The van der Waals surface area contributed by atoms with Crippen LogP contribution in [-0.4, -0.2) is 28.9 Å². The van der Waals surface area contributed by atoms with Crippen molar-refractivity contribution in [2.45, 2.75) is 32.2 Å². The number of aliphatic carboxylic acids is 1. The third-order valence-corrected chi connectivity index (χ3v) is 3.55. The van der Waals surface area contributed by atoms with Gasteiger partial charge in [-0.15, -0.1) is 0 Å². The molecule has 98 valence electrons. The van der Waals surface area contributed by atoms with Crippen LogP contribution in [0.5, 0.6) is 0 Å². The van der Waals surface area contributed by atoms with Crippen molar-refractivity contribution < 1.29 is 14.6 Å². The summed E-state index contributed by atoms with van der Waals surface area (Å²) in [4.78, 5) is 23.1. The quantitative estimate of drug-likeness (QED) is 0.853. The van der Waals surface area contributed by atoms with Crippen molar-refractivity contribution in [2.75, 3.05) is 13.2 Å². The molecular weight excluding hydrogens is 234 g/mol. The van der Waals surface area contributed by atoms with Crippen LogP contribution in [0.2, 0.25) is 0 Å². The fraction of sp³-hybridized carbons (Fsp3) is 0.538. The van der Waals surface area contributed by atoms with Gasteiger partial charge in [0.05, 0.1) is 0 Å². The number of carboxylic acids is 1. The van der Waals surface area contributed by atoms with E-state index in [1.807, 2.05) is 0 Å². The number of hydrogen-bond acceptors (Lipinski definition) is 3. The maximum atomic E-state index is 11.7. The lowest BCUT2D eigenvalue weighted by molar-refractivity contribution is -0.153. The molecule has 0 aliphatic carbocycles. The Kier molecular flexibility index (Phi) is 3.26. The van der Waals surface area contributed by atoms with Gasteiger partial charge in [-0.05, 0) is 13.8 Å². The lowest BCUT2D eigenvalue weighted by atomic mass is 9.88. The summed E-state index contributed by atoms with van der Waals surface area (Å²) in [5.41, 5.74) is 0.294. The highest BCUT2D eigenvalue weighted by Gasteiger charge is 2.42. The highest BCUT2D eigenvalue weighted by Crippen LogP contribution is 2.31. The van der Waals surface area contributed by atoms with Gasteiger partial charge in [0, 0.05) is 49.6 Å². The number of hydrogen-bond donors (Lipinski definition) is 1. The average Bonchev–Trinajstić information content (AvgIpc) is 2.28. The van der Waals surface area contributed by atoms with Crippen LogP contribution in [0, 0.1) is 13.8 Å². The Labute approximate surface area is 105 Å². The van der Waals surface area contributed by atoms with Gasteiger partial charge in [0.15, 0.2) is 5.43 Å². The van der Waals surface area contributed by atoms with Gasteiger partial charge in [0.1, 0.15) is 5.54 Å². The van der Waals surface area contributed by atoms with Crippen LogP contribution in [0.15, 0.2) is 16.9 Å². The molecule has 1 saturated heterocycles. The number of aryl methyl sites for hydroxylation is 2. The summed E-state index contributed by atoms with van der Waals surface area (Å²) < 4.78 is 7.02. The fourth-order valence-electron chi connectivity index (χ4n) is 2.78. The average molecular weight is 251 g/mol. The molecule has 0 unspecified atom stereocenters.